The number of hydrogen-bond donors (Lipinski definition) is 1. The van der Waals surface area contributed by atoms with Gasteiger partial charge in [-0.3, -0.25) is 4.79 Å². The smallest absolute Gasteiger partial charge is 0.323 e. The molecule has 3 nitrogen and oxygen atoms in total. The highest BCUT2D eigenvalue weighted by Gasteiger charge is 2.12. The highest BCUT2D eigenvalue weighted by molar-refractivity contribution is 7.99. The van der Waals surface area contributed by atoms with E-state index in [4.69, 9.17) is 28.9 Å². The Labute approximate surface area is 91.6 Å². The Morgan fingerprint density at radius 1 is 1.77 bits per heavy atom. The zero-order chi connectivity index (χ0) is 10.3. The van der Waals surface area contributed by atoms with Crippen molar-refractivity contribution in [1.82, 2.24) is 0 Å². The Morgan fingerprint density at radius 2 is 2.38 bits per heavy atom. The molecule has 0 aromatic carbocycles. The SMILES string of the molecule is COC(=O)C(N)CSCC(Cl)=CCl. The van der Waals surface area contributed by atoms with Crippen LogP contribution in [0.2, 0.25) is 0 Å². The lowest BCUT2D eigenvalue weighted by Crippen LogP contribution is -2.33. The van der Waals surface area contributed by atoms with Crippen molar-refractivity contribution in [1.29, 1.82) is 0 Å². The number of rotatable bonds is 5. The van der Waals surface area contributed by atoms with Gasteiger partial charge in [0.25, 0.3) is 0 Å². The fourth-order valence-corrected chi connectivity index (χ4v) is 1.72. The van der Waals surface area contributed by atoms with Gasteiger partial charge in [-0.05, 0) is 0 Å². The fourth-order valence-electron chi connectivity index (χ4n) is 0.534. The maximum atomic E-state index is 10.8. The molecule has 0 aliphatic carbocycles. The first-order valence-corrected chi connectivity index (χ1v) is 5.44. The highest BCUT2D eigenvalue weighted by Crippen LogP contribution is 2.13. The van der Waals surface area contributed by atoms with E-state index in [1.165, 1.54) is 24.4 Å². The Hall–Kier alpha value is 0.1000. The van der Waals surface area contributed by atoms with Crippen molar-refractivity contribution in [2.24, 2.45) is 5.73 Å². The Kier molecular flexibility index (Phi) is 7.56. The van der Waals surface area contributed by atoms with Crippen LogP contribution in [0.1, 0.15) is 0 Å². The molecule has 0 saturated heterocycles. The molecule has 1 unspecified atom stereocenters. The minimum atomic E-state index is -0.602. The molecule has 0 aliphatic rings. The molecule has 0 aromatic rings. The van der Waals surface area contributed by atoms with Crippen LogP contribution in [0.15, 0.2) is 10.6 Å². The summed E-state index contributed by atoms with van der Waals surface area (Å²) in [6, 6.07) is -0.602. The van der Waals surface area contributed by atoms with Crippen LogP contribution >= 0.6 is 35.0 Å². The average Bonchev–Trinajstić information content (AvgIpc) is 2.15. The lowest BCUT2D eigenvalue weighted by atomic mass is 10.4. The van der Waals surface area contributed by atoms with Crippen molar-refractivity contribution in [3.63, 3.8) is 0 Å². The number of thioether (sulfide) groups is 1. The minimum Gasteiger partial charge on any atom is -0.468 e. The standard InChI is InChI=1S/C7H11Cl2NO2S/c1-12-7(11)6(10)4-13-3-5(9)2-8/h2,6H,3-4,10H2,1H3. The number of carbonyl (C=O) groups excluding carboxylic acids is 1. The van der Waals surface area contributed by atoms with Crippen molar-refractivity contribution in [2.75, 3.05) is 18.6 Å². The van der Waals surface area contributed by atoms with Crippen molar-refractivity contribution in [2.45, 2.75) is 6.04 Å². The summed E-state index contributed by atoms with van der Waals surface area (Å²) >= 11 is 12.4. The maximum Gasteiger partial charge on any atom is 0.323 e. The van der Waals surface area contributed by atoms with Crippen LogP contribution in [-0.4, -0.2) is 30.6 Å². The number of halogens is 2. The Morgan fingerprint density at radius 3 is 2.85 bits per heavy atom. The maximum absolute atomic E-state index is 10.8. The third-order valence-electron chi connectivity index (χ3n) is 1.16. The quantitative estimate of drug-likeness (QED) is 0.745. The predicted molar refractivity (Wildman–Crippen MR) is 57.1 cm³/mol. The van der Waals surface area contributed by atoms with Gasteiger partial charge >= 0.3 is 5.97 Å². The Bertz CT molecular complexity index is 199. The van der Waals surface area contributed by atoms with E-state index in [9.17, 15) is 4.79 Å². The van der Waals surface area contributed by atoms with Gasteiger partial charge in [0, 0.05) is 22.1 Å². The van der Waals surface area contributed by atoms with Crippen LogP contribution in [0.25, 0.3) is 0 Å². The molecule has 0 bridgehead atoms. The summed E-state index contributed by atoms with van der Waals surface area (Å²) in [6.07, 6.45) is 0. The number of carbonyl (C=O) groups is 1. The third-order valence-corrected chi connectivity index (χ3v) is 3.05. The predicted octanol–water partition coefficient (Wildman–Crippen LogP) is 1.54. The minimum absolute atomic E-state index is 0.418. The molecule has 1 atom stereocenters. The summed E-state index contributed by atoms with van der Waals surface area (Å²) in [6.45, 7) is 0. The molecule has 13 heavy (non-hydrogen) atoms. The van der Waals surface area contributed by atoms with E-state index >= 15 is 0 Å². The lowest BCUT2D eigenvalue weighted by Gasteiger charge is -2.07. The van der Waals surface area contributed by atoms with Gasteiger partial charge in [0.2, 0.25) is 0 Å². The summed E-state index contributed by atoms with van der Waals surface area (Å²) in [5.74, 6) is 0.599. The van der Waals surface area contributed by atoms with E-state index in [1.807, 2.05) is 0 Å². The summed E-state index contributed by atoms with van der Waals surface area (Å²) < 4.78 is 4.44. The van der Waals surface area contributed by atoms with Crippen molar-refractivity contribution < 1.29 is 9.53 Å². The van der Waals surface area contributed by atoms with Crippen molar-refractivity contribution in [3.8, 4) is 0 Å². The van der Waals surface area contributed by atoms with E-state index in [2.05, 4.69) is 4.74 Å². The highest BCUT2D eigenvalue weighted by atomic mass is 35.5. The molecular formula is C7H11Cl2NO2S. The van der Waals surface area contributed by atoms with Crippen LogP contribution in [-0.2, 0) is 9.53 Å². The fraction of sp³-hybridized carbons (Fsp3) is 0.571. The molecule has 76 valence electrons. The third kappa shape index (κ3) is 6.21. The first-order valence-electron chi connectivity index (χ1n) is 3.47. The Balaban J connectivity index is 3.59. The van der Waals surface area contributed by atoms with Gasteiger partial charge < -0.3 is 10.5 Å². The molecule has 0 rings (SSSR count). The lowest BCUT2D eigenvalue weighted by molar-refractivity contribution is -0.141. The molecule has 2 N–H and O–H groups in total. The number of hydrogen-bond acceptors (Lipinski definition) is 4. The van der Waals surface area contributed by atoms with Gasteiger partial charge in [-0.25, -0.2) is 0 Å². The number of nitrogens with two attached hydrogens (primary N) is 1. The average molecular weight is 244 g/mol. The van der Waals surface area contributed by atoms with Crippen molar-refractivity contribution >= 4 is 40.9 Å². The van der Waals surface area contributed by atoms with Gasteiger partial charge in [0.15, 0.2) is 0 Å². The van der Waals surface area contributed by atoms with Gasteiger partial charge in [0.05, 0.1) is 7.11 Å². The van der Waals surface area contributed by atoms with Gasteiger partial charge in [-0.1, -0.05) is 23.2 Å². The zero-order valence-corrected chi connectivity index (χ0v) is 9.46. The molecule has 0 amide bonds. The summed E-state index contributed by atoms with van der Waals surface area (Å²) in [4.78, 5) is 10.8. The number of ether oxygens (including phenoxy) is 1. The molecule has 0 spiro atoms. The molecule has 0 heterocycles. The van der Waals surface area contributed by atoms with Crippen LogP contribution in [0.4, 0.5) is 0 Å². The van der Waals surface area contributed by atoms with Gasteiger partial charge in [0.1, 0.15) is 6.04 Å². The zero-order valence-electron chi connectivity index (χ0n) is 7.13. The summed E-state index contributed by atoms with van der Waals surface area (Å²) in [7, 11) is 1.30. The van der Waals surface area contributed by atoms with Crippen LogP contribution in [0.3, 0.4) is 0 Å². The first kappa shape index (κ1) is 13.1. The summed E-state index contributed by atoms with van der Waals surface area (Å²) in [5.41, 5.74) is 6.75. The summed E-state index contributed by atoms with van der Waals surface area (Å²) in [5, 5.41) is 0.531. The largest absolute Gasteiger partial charge is 0.468 e. The molecule has 0 radical (unpaired) electrons. The monoisotopic (exact) mass is 243 g/mol. The second-order valence-electron chi connectivity index (χ2n) is 2.20. The molecule has 0 aromatic heterocycles. The number of esters is 1. The molecule has 6 heteroatoms. The molecule has 0 aliphatic heterocycles. The van der Waals surface area contributed by atoms with E-state index < -0.39 is 12.0 Å². The van der Waals surface area contributed by atoms with Gasteiger partial charge in [-0.15, -0.1) is 0 Å². The topological polar surface area (TPSA) is 52.3 Å². The van der Waals surface area contributed by atoms with E-state index in [0.29, 0.717) is 16.5 Å². The second kappa shape index (κ2) is 7.50. The first-order chi connectivity index (χ1) is 6.11. The van der Waals surface area contributed by atoms with E-state index in [0.717, 1.165) is 0 Å². The molecular weight excluding hydrogens is 233 g/mol. The molecule has 0 fully saturated rings. The van der Waals surface area contributed by atoms with Gasteiger partial charge in [-0.2, -0.15) is 11.8 Å². The van der Waals surface area contributed by atoms with Crippen molar-refractivity contribution in [3.05, 3.63) is 10.6 Å². The van der Waals surface area contributed by atoms with Crippen LogP contribution in [0, 0.1) is 0 Å². The number of methoxy groups -OCH3 is 1. The second-order valence-corrected chi connectivity index (χ2v) is 3.93. The van der Waals surface area contributed by atoms with E-state index in [-0.39, 0.29) is 0 Å². The molecule has 0 saturated carbocycles. The van der Waals surface area contributed by atoms with Crippen LogP contribution in [0.5, 0.6) is 0 Å². The normalized spacial score (nSPS) is 14.0. The van der Waals surface area contributed by atoms with Crippen LogP contribution < -0.4 is 5.73 Å². The van der Waals surface area contributed by atoms with E-state index in [1.54, 1.807) is 0 Å².